The number of benzene rings is 1. The lowest BCUT2D eigenvalue weighted by Crippen LogP contribution is -2.23. The summed E-state index contributed by atoms with van der Waals surface area (Å²) in [6, 6.07) is 15.2. The van der Waals surface area contributed by atoms with Crippen molar-refractivity contribution in [2.45, 2.75) is 25.9 Å². The first-order valence-corrected chi connectivity index (χ1v) is 9.85. The summed E-state index contributed by atoms with van der Waals surface area (Å²) in [4.78, 5) is 4.67. The van der Waals surface area contributed by atoms with E-state index in [0.29, 0.717) is 0 Å². The maximum atomic E-state index is 4.67. The Kier molecular flexibility index (Phi) is 4.87. The molecule has 4 rings (SSSR count). The molecule has 0 radical (unpaired) electrons. The van der Waals surface area contributed by atoms with Gasteiger partial charge in [0.2, 0.25) is 0 Å². The third kappa shape index (κ3) is 3.57. The van der Waals surface area contributed by atoms with Crippen LogP contribution in [0.15, 0.2) is 65.6 Å². The molecule has 1 atom stereocenters. The molecule has 0 saturated carbocycles. The molecule has 1 N–H and O–H groups in total. The molecule has 0 aliphatic heterocycles. The van der Waals surface area contributed by atoms with Crippen LogP contribution in [0.5, 0.6) is 0 Å². The number of hydrogen-bond donors (Lipinski definition) is 1. The van der Waals surface area contributed by atoms with Crippen LogP contribution in [-0.4, -0.2) is 9.55 Å². The number of aryl methyl sites for hydroxylation is 2. The Morgan fingerprint density at radius 3 is 2.81 bits per heavy atom. The van der Waals surface area contributed by atoms with Crippen molar-refractivity contribution < 1.29 is 0 Å². The summed E-state index contributed by atoms with van der Waals surface area (Å²) in [6.45, 7) is 2.90. The van der Waals surface area contributed by atoms with Gasteiger partial charge in [-0.15, -0.1) is 0 Å². The number of pyridine rings is 1. The van der Waals surface area contributed by atoms with Crippen LogP contribution in [0.2, 0.25) is 0 Å². The molecule has 132 valence electrons. The molecule has 3 aromatic heterocycles. The first-order chi connectivity index (χ1) is 12.7. The van der Waals surface area contributed by atoms with Crippen molar-refractivity contribution in [3.63, 3.8) is 0 Å². The second-order valence-corrected chi connectivity index (χ2v) is 7.59. The van der Waals surface area contributed by atoms with E-state index >= 15 is 0 Å². The van der Waals surface area contributed by atoms with Crippen LogP contribution in [0.4, 0.5) is 0 Å². The first-order valence-electron chi connectivity index (χ1n) is 8.90. The topological polar surface area (TPSA) is 29.9 Å². The number of hydrogen-bond acceptors (Lipinski definition) is 3. The third-order valence-corrected chi connectivity index (χ3v) is 5.56. The minimum atomic E-state index is 0.198. The van der Waals surface area contributed by atoms with Crippen LogP contribution in [-0.2, 0) is 20.0 Å². The Hall–Kier alpha value is -2.43. The smallest absolute Gasteiger partial charge is 0.0576 e. The van der Waals surface area contributed by atoms with Gasteiger partial charge in [-0.05, 0) is 59.0 Å². The SMILES string of the molecule is Cc1ccc([C@H](Cc2ccsc2)NCc2cn(C)c3ccccc23)nc1. The largest absolute Gasteiger partial charge is 0.350 e. The second kappa shape index (κ2) is 7.44. The molecule has 0 aliphatic rings. The van der Waals surface area contributed by atoms with Crippen LogP contribution >= 0.6 is 11.3 Å². The lowest BCUT2D eigenvalue weighted by molar-refractivity contribution is 0.519. The van der Waals surface area contributed by atoms with Crippen LogP contribution < -0.4 is 5.32 Å². The highest BCUT2D eigenvalue weighted by atomic mass is 32.1. The van der Waals surface area contributed by atoms with Crippen LogP contribution in [0.1, 0.15) is 28.4 Å². The highest BCUT2D eigenvalue weighted by Gasteiger charge is 2.15. The molecule has 0 aliphatic carbocycles. The van der Waals surface area contributed by atoms with E-state index in [-0.39, 0.29) is 6.04 Å². The molecular weight excluding hydrogens is 338 g/mol. The molecule has 0 unspecified atom stereocenters. The fourth-order valence-electron chi connectivity index (χ4n) is 3.41. The lowest BCUT2D eigenvalue weighted by atomic mass is 10.0. The summed E-state index contributed by atoms with van der Waals surface area (Å²) in [5, 5.41) is 9.42. The average molecular weight is 362 g/mol. The van der Waals surface area contributed by atoms with Gasteiger partial charge >= 0.3 is 0 Å². The molecule has 4 heteroatoms. The third-order valence-electron chi connectivity index (χ3n) is 4.83. The highest BCUT2D eigenvalue weighted by Crippen LogP contribution is 2.23. The maximum Gasteiger partial charge on any atom is 0.0576 e. The number of thiophene rings is 1. The molecule has 0 fully saturated rings. The Morgan fingerprint density at radius 2 is 2.04 bits per heavy atom. The van der Waals surface area contributed by atoms with E-state index in [1.54, 1.807) is 11.3 Å². The molecule has 0 bridgehead atoms. The zero-order valence-electron chi connectivity index (χ0n) is 15.1. The molecule has 26 heavy (non-hydrogen) atoms. The monoisotopic (exact) mass is 361 g/mol. The molecule has 3 heterocycles. The molecule has 0 saturated heterocycles. The molecule has 0 amide bonds. The molecular formula is C22H23N3S. The average Bonchev–Trinajstić information content (AvgIpc) is 3.28. The van der Waals surface area contributed by atoms with E-state index in [1.807, 2.05) is 6.20 Å². The number of para-hydroxylation sites is 1. The van der Waals surface area contributed by atoms with Crippen molar-refractivity contribution in [1.29, 1.82) is 0 Å². The van der Waals surface area contributed by atoms with E-state index in [9.17, 15) is 0 Å². The van der Waals surface area contributed by atoms with E-state index < -0.39 is 0 Å². The van der Waals surface area contributed by atoms with Crippen molar-refractivity contribution in [1.82, 2.24) is 14.9 Å². The van der Waals surface area contributed by atoms with Crippen LogP contribution in [0.25, 0.3) is 10.9 Å². The van der Waals surface area contributed by atoms with Crippen molar-refractivity contribution in [3.8, 4) is 0 Å². The van der Waals surface area contributed by atoms with Gasteiger partial charge < -0.3 is 9.88 Å². The second-order valence-electron chi connectivity index (χ2n) is 6.81. The number of nitrogens with one attached hydrogen (secondary N) is 1. The molecule has 3 nitrogen and oxygen atoms in total. The predicted octanol–water partition coefficient (Wildman–Crippen LogP) is 5.02. The Balaban J connectivity index is 1.58. The molecule has 0 spiro atoms. The predicted molar refractivity (Wildman–Crippen MR) is 109 cm³/mol. The summed E-state index contributed by atoms with van der Waals surface area (Å²) in [7, 11) is 2.11. The number of aromatic nitrogens is 2. The van der Waals surface area contributed by atoms with Gasteiger partial charge in [-0.1, -0.05) is 24.3 Å². The fraction of sp³-hybridized carbons (Fsp3) is 0.227. The summed E-state index contributed by atoms with van der Waals surface area (Å²) < 4.78 is 2.20. The molecule has 1 aromatic carbocycles. The Bertz CT molecular complexity index is 984. The van der Waals surface area contributed by atoms with Crippen molar-refractivity contribution in [2.75, 3.05) is 0 Å². The van der Waals surface area contributed by atoms with Crippen LogP contribution in [0, 0.1) is 6.92 Å². The number of nitrogens with zero attached hydrogens (tertiary/aromatic N) is 2. The summed E-state index contributed by atoms with van der Waals surface area (Å²) in [6.07, 6.45) is 5.13. The zero-order valence-corrected chi connectivity index (χ0v) is 16.0. The quantitative estimate of drug-likeness (QED) is 0.523. The minimum Gasteiger partial charge on any atom is -0.350 e. The standard InChI is InChI=1S/C22H23N3S/c1-16-7-8-20(23-12-16)21(11-17-9-10-26-15-17)24-13-18-14-25(2)22-6-4-3-5-19(18)22/h3-10,12,14-15,21,24H,11,13H2,1-2H3/t21-/m0/s1. The van der Waals surface area contributed by atoms with Gasteiger partial charge in [0.15, 0.2) is 0 Å². The van der Waals surface area contributed by atoms with E-state index in [0.717, 1.165) is 18.7 Å². The van der Waals surface area contributed by atoms with Gasteiger partial charge in [-0.25, -0.2) is 0 Å². The molecule has 4 aromatic rings. The van der Waals surface area contributed by atoms with Gasteiger partial charge in [-0.3, -0.25) is 4.98 Å². The Morgan fingerprint density at radius 1 is 1.15 bits per heavy atom. The number of rotatable bonds is 6. The van der Waals surface area contributed by atoms with Crippen molar-refractivity contribution in [2.24, 2.45) is 7.05 Å². The summed E-state index contributed by atoms with van der Waals surface area (Å²) >= 11 is 1.75. The van der Waals surface area contributed by atoms with Gasteiger partial charge in [-0.2, -0.15) is 11.3 Å². The maximum absolute atomic E-state index is 4.67. The van der Waals surface area contributed by atoms with Gasteiger partial charge in [0, 0.05) is 36.9 Å². The van der Waals surface area contributed by atoms with E-state index in [1.165, 1.54) is 27.6 Å². The van der Waals surface area contributed by atoms with E-state index in [4.69, 9.17) is 0 Å². The lowest BCUT2D eigenvalue weighted by Gasteiger charge is -2.18. The normalized spacial score (nSPS) is 12.5. The fourth-order valence-corrected chi connectivity index (χ4v) is 4.09. The summed E-state index contributed by atoms with van der Waals surface area (Å²) in [5.41, 5.74) is 6.24. The van der Waals surface area contributed by atoms with Gasteiger partial charge in [0.05, 0.1) is 11.7 Å². The zero-order chi connectivity index (χ0) is 17.9. The minimum absolute atomic E-state index is 0.198. The van der Waals surface area contributed by atoms with Gasteiger partial charge in [0.1, 0.15) is 0 Å². The van der Waals surface area contributed by atoms with Crippen molar-refractivity contribution >= 4 is 22.2 Å². The Labute approximate surface area is 158 Å². The van der Waals surface area contributed by atoms with E-state index in [2.05, 4.69) is 88.3 Å². The highest BCUT2D eigenvalue weighted by molar-refractivity contribution is 7.07. The first kappa shape index (κ1) is 17.0. The van der Waals surface area contributed by atoms with Crippen LogP contribution in [0.3, 0.4) is 0 Å². The van der Waals surface area contributed by atoms with Gasteiger partial charge in [0.25, 0.3) is 0 Å². The summed E-state index contributed by atoms with van der Waals surface area (Å²) in [5.74, 6) is 0. The number of fused-ring (bicyclic) bond motifs is 1. The van der Waals surface area contributed by atoms with Crippen molar-refractivity contribution in [3.05, 3.63) is 88.0 Å².